The Bertz CT molecular complexity index is 2440. The van der Waals surface area contributed by atoms with Gasteiger partial charge < -0.3 is 47.7 Å². The number of piperazine rings is 2. The second-order valence-corrected chi connectivity index (χ2v) is 15.7. The van der Waals surface area contributed by atoms with Gasteiger partial charge >= 0.3 is 18.9 Å². The predicted molar refractivity (Wildman–Crippen MR) is 261 cm³/mol. The van der Waals surface area contributed by atoms with Crippen molar-refractivity contribution < 1.29 is 43.4 Å². The van der Waals surface area contributed by atoms with Crippen LogP contribution in [-0.4, -0.2) is 139 Å². The van der Waals surface area contributed by atoms with E-state index in [-0.39, 0.29) is 55.6 Å². The van der Waals surface area contributed by atoms with Crippen molar-refractivity contribution in [1.29, 1.82) is 0 Å². The summed E-state index contributed by atoms with van der Waals surface area (Å²) in [5.74, 6) is 0.204. The number of anilines is 2. The zero-order chi connectivity index (χ0) is 45.0. The Balaban J connectivity index is 0.000000280. The van der Waals surface area contributed by atoms with Crippen LogP contribution in [0.3, 0.4) is 0 Å². The van der Waals surface area contributed by atoms with Crippen LogP contribution < -0.4 is 51.6 Å². The van der Waals surface area contributed by atoms with Crippen molar-refractivity contribution in [1.82, 2.24) is 29.7 Å². The first-order chi connectivity index (χ1) is 31.1. The van der Waals surface area contributed by atoms with Gasteiger partial charge in [-0.2, -0.15) is 9.98 Å². The summed E-state index contributed by atoms with van der Waals surface area (Å²) in [4.78, 5) is 55.8. The van der Waals surface area contributed by atoms with E-state index in [1.165, 1.54) is 0 Å². The van der Waals surface area contributed by atoms with Crippen LogP contribution in [0.5, 0.6) is 0 Å². The van der Waals surface area contributed by atoms with Crippen LogP contribution in [0.15, 0.2) is 94.9 Å². The molecule has 2 fully saturated rings. The number of hydrogen-bond donors (Lipinski definition) is 4. The quantitative estimate of drug-likeness (QED) is 0.0398. The number of carbonyl (C=O) groups is 2. The second kappa shape index (κ2) is 25.6. The number of carbonyl (C=O) groups excluding carboxylic acids is 2. The summed E-state index contributed by atoms with van der Waals surface area (Å²) < 4.78 is 9.59. The molecule has 0 atom stereocenters. The maximum Gasteiger partial charge on any atom is 1.00 e. The van der Waals surface area contributed by atoms with E-state index in [0.29, 0.717) is 58.6 Å². The van der Waals surface area contributed by atoms with Gasteiger partial charge in [0.05, 0.1) is 22.4 Å². The molecule has 0 aliphatic carbocycles. The maximum absolute atomic E-state index is 10.3. The minimum absolute atomic E-state index is 0. The minimum Gasteiger partial charge on any atom is -0.870 e. The summed E-state index contributed by atoms with van der Waals surface area (Å²) in [7, 11) is 0. The van der Waals surface area contributed by atoms with Crippen LogP contribution in [-0.2, 0) is 19.1 Å². The van der Waals surface area contributed by atoms with Gasteiger partial charge in [0.15, 0.2) is 11.9 Å². The molecule has 0 amide bonds. The van der Waals surface area contributed by atoms with E-state index in [1.807, 2.05) is 48.5 Å². The molecule has 0 bridgehead atoms. The van der Waals surface area contributed by atoms with Crippen LogP contribution in [0, 0.1) is 0 Å². The van der Waals surface area contributed by atoms with Gasteiger partial charge in [-0.05, 0) is 60.7 Å². The van der Waals surface area contributed by atoms with Crippen LogP contribution >= 0.6 is 23.2 Å². The number of nitrogens with zero attached hydrogens (tertiary/aromatic N) is 10. The Hall–Kier alpha value is -6.30. The number of aliphatic imine (C=N–C) groups is 2. The SMILES string of the molecule is C.NC(N)=Nc1nc(-c2ccc(N3CCN(CCOC=O)CC3)cc2)c2cc(Cl)ccc2n1.NC(N)=Nc1nc(-c2ccc(N3CCN(CCOC=O)CC3)cc2)c2cc(Cl)ccc2n1.[Li+].[OH-]. The minimum atomic E-state index is -0.100. The summed E-state index contributed by atoms with van der Waals surface area (Å²) in [6.07, 6.45) is 0. The van der Waals surface area contributed by atoms with Crippen molar-refractivity contribution in [2.75, 3.05) is 88.5 Å². The van der Waals surface area contributed by atoms with Gasteiger partial charge in [-0.3, -0.25) is 19.4 Å². The molecule has 2 saturated heterocycles. The molecule has 6 aromatic rings. The van der Waals surface area contributed by atoms with E-state index < -0.39 is 0 Å². The number of rotatable bonds is 14. The number of aromatic nitrogens is 4. The monoisotopic (exact) mass is 946 g/mol. The zero-order valence-electron chi connectivity index (χ0n) is 36.3. The van der Waals surface area contributed by atoms with Crippen LogP contribution in [0.25, 0.3) is 44.3 Å². The second-order valence-electron chi connectivity index (χ2n) is 14.8. The van der Waals surface area contributed by atoms with E-state index in [4.69, 9.17) is 55.6 Å². The summed E-state index contributed by atoms with van der Waals surface area (Å²) in [6.45, 7) is 10.6. The molecule has 0 radical (unpaired) electrons. The number of benzene rings is 4. The summed E-state index contributed by atoms with van der Waals surface area (Å²) in [5, 5.41) is 2.85. The van der Waals surface area contributed by atoms with Crippen molar-refractivity contribution in [2.24, 2.45) is 32.9 Å². The fraction of sp³-hybridized carbons (Fsp3) is 0.289. The Morgan fingerprint density at radius 1 is 0.567 bits per heavy atom. The molecule has 19 nitrogen and oxygen atoms in total. The summed E-state index contributed by atoms with van der Waals surface area (Å²) >= 11 is 12.4. The van der Waals surface area contributed by atoms with Crippen molar-refractivity contribution in [2.45, 2.75) is 7.43 Å². The number of hydrogen-bond acceptors (Lipinski definition) is 15. The number of halogens is 2. The van der Waals surface area contributed by atoms with Gasteiger partial charge in [-0.1, -0.05) is 54.9 Å². The number of ether oxygens (including phenoxy) is 2. The molecule has 22 heteroatoms. The van der Waals surface area contributed by atoms with Gasteiger partial charge in [0.1, 0.15) is 13.2 Å². The Labute approximate surface area is 410 Å². The Morgan fingerprint density at radius 2 is 0.925 bits per heavy atom. The van der Waals surface area contributed by atoms with E-state index >= 15 is 0 Å². The summed E-state index contributed by atoms with van der Waals surface area (Å²) in [6, 6.07) is 27.3. The molecule has 4 heterocycles. The molecule has 0 saturated carbocycles. The zero-order valence-corrected chi connectivity index (χ0v) is 37.9. The number of guanidine groups is 2. The van der Waals surface area contributed by atoms with Gasteiger partial charge in [0, 0.05) is 109 Å². The fourth-order valence-electron chi connectivity index (χ4n) is 7.53. The molecule has 2 aromatic heterocycles. The third-order valence-corrected chi connectivity index (χ3v) is 11.2. The average Bonchev–Trinajstić information content (AvgIpc) is 3.29. The van der Waals surface area contributed by atoms with Gasteiger partial charge in [-0.15, -0.1) is 0 Å². The van der Waals surface area contributed by atoms with Crippen molar-refractivity contribution in [3.8, 4) is 22.5 Å². The van der Waals surface area contributed by atoms with Crippen molar-refractivity contribution in [3.05, 3.63) is 95.0 Å². The Morgan fingerprint density at radius 3 is 1.25 bits per heavy atom. The number of nitrogens with two attached hydrogens (primary N) is 4. The van der Waals surface area contributed by atoms with E-state index in [2.05, 4.69) is 73.8 Å². The Kier molecular flexibility index (Phi) is 20.3. The first kappa shape index (κ1) is 53.3. The summed E-state index contributed by atoms with van der Waals surface area (Å²) in [5.41, 5.74) is 29.0. The topological polar surface area (TPSA) is 276 Å². The van der Waals surface area contributed by atoms with E-state index in [0.717, 1.165) is 98.7 Å². The van der Waals surface area contributed by atoms with Gasteiger partial charge in [0.2, 0.25) is 0 Å². The van der Waals surface area contributed by atoms with Gasteiger partial charge in [0.25, 0.3) is 24.8 Å². The molecular formula is C45H53Cl2LiN14O5. The third-order valence-electron chi connectivity index (χ3n) is 10.7. The van der Waals surface area contributed by atoms with Crippen LogP contribution in [0.1, 0.15) is 7.43 Å². The predicted octanol–water partition coefficient (Wildman–Crippen LogP) is 1.76. The molecule has 8 rings (SSSR count). The molecule has 2 aliphatic rings. The largest absolute Gasteiger partial charge is 1.00 e. The van der Waals surface area contributed by atoms with Crippen LogP contribution in [0.4, 0.5) is 23.3 Å². The standard InChI is InChI=1S/2C22H24ClN7O2.CH4.Li.H2O/c2*23-16-3-6-19-18(13-16)20(27-22(26-19)28-21(24)25)15-1-4-17(5-2-15)30-9-7-29(8-10-30)11-12-32-14-31;;;/h2*1-6,13-14H,7-12H2,(H4,24,25,26,27,28);1H4;;1H2/q;;;+1;/p-1. The van der Waals surface area contributed by atoms with Crippen molar-refractivity contribution in [3.63, 3.8) is 0 Å². The molecule has 2 aliphatic heterocycles. The molecular weight excluding hydrogens is 894 g/mol. The van der Waals surface area contributed by atoms with Crippen LogP contribution in [0.2, 0.25) is 10.0 Å². The average molecular weight is 948 g/mol. The molecule has 0 spiro atoms. The first-order valence-electron chi connectivity index (χ1n) is 20.5. The van der Waals surface area contributed by atoms with Gasteiger partial charge in [-0.25, -0.2) is 19.9 Å². The maximum atomic E-state index is 10.3. The number of fused-ring (bicyclic) bond motifs is 2. The molecule has 0 unspecified atom stereocenters. The molecule has 4 aromatic carbocycles. The fourth-order valence-corrected chi connectivity index (χ4v) is 7.87. The van der Waals surface area contributed by atoms with E-state index in [1.54, 1.807) is 12.1 Å². The van der Waals surface area contributed by atoms with E-state index in [9.17, 15) is 9.59 Å². The third kappa shape index (κ3) is 14.3. The smallest absolute Gasteiger partial charge is 0.870 e. The molecule has 9 N–H and O–H groups in total. The van der Waals surface area contributed by atoms with Crippen molar-refractivity contribution >= 4 is 93.1 Å². The first-order valence-corrected chi connectivity index (χ1v) is 21.2. The molecule has 348 valence electrons. The molecule has 67 heavy (non-hydrogen) atoms. The normalized spacial score (nSPS) is 13.7.